The number of unbranched alkanes of at least 4 members (excludes halogenated alkanes) is 1. The summed E-state index contributed by atoms with van der Waals surface area (Å²) >= 11 is 0. The average Bonchev–Trinajstić information content (AvgIpc) is 2.63. The predicted octanol–water partition coefficient (Wildman–Crippen LogP) is 0.492. The summed E-state index contributed by atoms with van der Waals surface area (Å²) in [7, 11) is 5.90. The number of rotatable bonds is 6. The summed E-state index contributed by atoms with van der Waals surface area (Å²) in [5.74, 6) is -0.0436. The molecule has 0 bridgehead atoms. The van der Waals surface area contributed by atoms with Crippen LogP contribution in [0.1, 0.15) is 23.2 Å². The van der Waals surface area contributed by atoms with Gasteiger partial charge in [-0.1, -0.05) is 0 Å². The molecule has 90 valence electrons. The normalized spacial score (nSPS) is 10.8. The van der Waals surface area contributed by atoms with Crippen molar-refractivity contribution in [1.29, 1.82) is 0 Å². The van der Waals surface area contributed by atoms with Gasteiger partial charge in [0.1, 0.15) is 0 Å². The smallest absolute Gasteiger partial charge is 0.254 e. The Hall–Kier alpha value is -1.36. The lowest BCUT2D eigenvalue weighted by molar-refractivity contribution is 0.0952. The number of aryl methyl sites for hydroxylation is 1. The first kappa shape index (κ1) is 12.7. The van der Waals surface area contributed by atoms with Crippen LogP contribution in [0.2, 0.25) is 0 Å². The summed E-state index contributed by atoms with van der Waals surface area (Å²) in [6.45, 7) is 1.78. The molecule has 0 spiro atoms. The average molecular weight is 224 g/mol. The third-order valence-corrected chi connectivity index (χ3v) is 2.28. The Morgan fingerprint density at radius 1 is 1.50 bits per heavy atom. The molecule has 1 amide bonds. The zero-order chi connectivity index (χ0) is 12.0. The molecule has 1 aromatic heterocycles. The molecule has 0 saturated carbocycles. The van der Waals surface area contributed by atoms with Gasteiger partial charge < -0.3 is 10.2 Å². The fourth-order valence-electron chi connectivity index (χ4n) is 1.40. The first-order chi connectivity index (χ1) is 7.59. The monoisotopic (exact) mass is 224 g/mol. The highest BCUT2D eigenvalue weighted by Gasteiger charge is 2.05. The van der Waals surface area contributed by atoms with Crippen molar-refractivity contribution >= 4 is 5.91 Å². The van der Waals surface area contributed by atoms with E-state index in [-0.39, 0.29) is 5.91 Å². The van der Waals surface area contributed by atoms with Crippen molar-refractivity contribution in [2.24, 2.45) is 7.05 Å². The van der Waals surface area contributed by atoms with Gasteiger partial charge in [0.25, 0.3) is 5.91 Å². The molecule has 5 heteroatoms. The maximum absolute atomic E-state index is 11.6. The van der Waals surface area contributed by atoms with E-state index in [0.717, 1.165) is 25.9 Å². The summed E-state index contributed by atoms with van der Waals surface area (Å²) in [6, 6.07) is 0. The van der Waals surface area contributed by atoms with Crippen molar-refractivity contribution in [2.75, 3.05) is 27.2 Å². The first-order valence-electron chi connectivity index (χ1n) is 5.51. The van der Waals surface area contributed by atoms with E-state index < -0.39 is 0 Å². The van der Waals surface area contributed by atoms with Crippen LogP contribution in [-0.2, 0) is 7.05 Å². The van der Waals surface area contributed by atoms with E-state index in [1.54, 1.807) is 24.1 Å². The molecule has 1 N–H and O–H groups in total. The molecule has 0 aliphatic carbocycles. The zero-order valence-electron chi connectivity index (χ0n) is 10.2. The molecule has 0 saturated heterocycles. The van der Waals surface area contributed by atoms with Gasteiger partial charge in [-0.3, -0.25) is 9.48 Å². The summed E-state index contributed by atoms with van der Waals surface area (Å²) < 4.78 is 1.63. The molecule has 5 nitrogen and oxygen atoms in total. The number of aromatic nitrogens is 2. The van der Waals surface area contributed by atoms with E-state index in [9.17, 15) is 4.79 Å². The second-order valence-corrected chi connectivity index (χ2v) is 4.17. The number of carbonyl (C=O) groups is 1. The standard InChI is InChI=1S/C11H20N4O/c1-14(2)7-5-4-6-12-11(16)10-8-13-15(3)9-10/h8-9H,4-7H2,1-3H3,(H,12,16). The van der Waals surface area contributed by atoms with Crippen molar-refractivity contribution in [2.45, 2.75) is 12.8 Å². The van der Waals surface area contributed by atoms with Gasteiger partial charge in [0, 0.05) is 19.8 Å². The number of amides is 1. The van der Waals surface area contributed by atoms with E-state index in [1.807, 2.05) is 14.1 Å². The SMILES string of the molecule is CN(C)CCCCNC(=O)c1cnn(C)c1. The second-order valence-electron chi connectivity index (χ2n) is 4.17. The maximum atomic E-state index is 11.6. The molecular weight excluding hydrogens is 204 g/mol. The summed E-state index contributed by atoms with van der Waals surface area (Å²) in [4.78, 5) is 13.7. The van der Waals surface area contributed by atoms with E-state index >= 15 is 0 Å². The van der Waals surface area contributed by atoms with Crippen LogP contribution in [0.3, 0.4) is 0 Å². The highest BCUT2D eigenvalue weighted by molar-refractivity contribution is 5.93. The van der Waals surface area contributed by atoms with Crippen LogP contribution in [0, 0.1) is 0 Å². The third kappa shape index (κ3) is 4.44. The van der Waals surface area contributed by atoms with Gasteiger partial charge >= 0.3 is 0 Å². The van der Waals surface area contributed by atoms with E-state index in [1.165, 1.54) is 0 Å². The zero-order valence-corrected chi connectivity index (χ0v) is 10.2. The quantitative estimate of drug-likeness (QED) is 0.716. The van der Waals surface area contributed by atoms with Crippen molar-refractivity contribution in [3.63, 3.8) is 0 Å². The number of nitrogens with zero attached hydrogens (tertiary/aromatic N) is 3. The van der Waals surface area contributed by atoms with Gasteiger partial charge in [0.05, 0.1) is 11.8 Å². The van der Waals surface area contributed by atoms with Gasteiger partial charge in [-0.2, -0.15) is 5.10 Å². The molecular formula is C11H20N4O. The van der Waals surface area contributed by atoms with Crippen LogP contribution in [0.4, 0.5) is 0 Å². The van der Waals surface area contributed by atoms with Gasteiger partial charge in [-0.05, 0) is 33.5 Å². The number of hydrogen-bond acceptors (Lipinski definition) is 3. The van der Waals surface area contributed by atoms with Crippen LogP contribution in [0.15, 0.2) is 12.4 Å². The van der Waals surface area contributed by atoms with Crippen LogP contribution < -0.4 is 5.32 Å². The largest absolute Gasteiger partial charge is 0.352 e. The second kappa shape index (κ2) is 6.27. The van der Waals surface area contributed by atoms with Crippen LogP contribution in [-0.4, -0.2) is 47.8 Å². The summed E-state index contributed by atoms with van der Waals surface area (Å²) in [6.07, 6.45) is 5.40. The lowest BCUT2D eigenvalue weighted by Crippen LogP contribution is -2.25. The topological polar surface area (TPSA) is 50.2 Å². The Kier molecular flexibility index (Phi) is 4.98. The third-order valence-electron chi connectivity index (χ3n) is 2.28. The fraction of sp³-hybridized carbons (Fsp3) is 0.636. The van der Waals surface area contributed by atoms with E-state index in [2.05, 4.69) is 15.3 Å². The van der Waals surface area contributed by atoms with Crippen LogP contribution in [0.25, 0.3) is 0 Å². The van der Waals surface area contributed by atoms with Crippen molar-refractivity contribution in [3.8, 4) is 0 Å². The summed E-state index contributed by atoms with van der Waals surface area (Å²) in [5.41, 5.74) is 0.620. The Labute approximate surface area is 96.4 Å². The minimum atomic E-state index is -0.0436. The molecule has 0 fully saturated rings. The van der Waals surface area contributed by atoms with E-state index in [4.69, 9.17) is 0 Å². The number of nitrogens with one attached hydrogen (secondary N) is 1. The Bertz CT molecular complexity index is 332. The van der Waals surface area contributed by atoms with Crippen molar-refractivity contribution < 1.29 is 4.79 Å². The molecule has 16 heavy (non-hydrogen) atoms. The van der Waals surface area contributed by atoms with Crippen LogP contribution >= 0.6 is 0 Å². The summed E-state index contributed by atoms with van der Waals surface area (Å²) in [5, 5.41) is 6.83. The van der Waals surface area contributed by atoms with Gasteiger partial charge in [-0.25, -0.2) is 0 Å². The number of carbonyl (C=O) groups excluding carboxylic acids is 1. The van der Waals surface area contributed by atoms with Gasteiger partial charge in [0.15, 0.2) is 0 Å². The Morgan fingerprint density at radius 3 is 2.81 bits per heavy atom. The molecule has 0 radical (unpaired) electrons. The fourth-order valence-corrected chi connectivity index (χ4v) is 1.40. The maximum Gasteiger partial charge on any atom is 0.254 e. The molecule has 1 rings (SSSR count). The minimum absolute atomic E-state index is 0.0436. The van der Waals surface area contributed by atoms with Gasteiger partial charge in [0.2, 0.25) is 0 Å². The molecule has 0 aliphatic heterocycles. The van der Waals surface area contributed by atoms with Crippen molar-refractivity contribution in [3.05, 3.63) is 18.0 Å². The molecule has 0 unspecified atom stereocenters. The lowest BCUT2D eigenvalue weighted by atomic mass is 10.3. The van der Waals surface area contributed by atoms with Crippen molar-refractivity contribution in [1.82, 2.24) is 20.0 Å². The lowest BCUT2D eigenvalue weighted by Gasteiger charge is -2.08. The molecule has 1 aromatic rings. The van der Waals surface area contributed by atoms with Crippen LogP contribution in [0.5, 0.6) is 0 Å². The highest BCUT2D eigenvalue weighted by atomic mass is 16.1. The minimum Gasteiger partial charge on any atom is -0.352 e. The molecule has 0 atom stereocenters. The Balaban J connectivity index is 2.16. The Morgan fingerprint density at radius 2 is 2.25 bits per heavy atom. The van der Waals surface area contributed by atoms with E-state index in [0.29, 0.717) is 5.56 Å². The first-order valence-corrected chi connectivity index (χ1v) is 5.51. The molecule has 1 heterocycles. The molecule has 0 aromatic carbocycles. The number of hydrogen-bond donors (Lipinski definition) is 1. The van der Waals surface area contributed by atoms with Gasteiger partial charge in [-0.15, -0.1) is 0 Å². The highest BCUT2D eigenvalue weighted by Crippen LogP contribution is 1.96. The predicted molar refractivity (Wildman–Crippen MR) is 63.3 cm³/mol. The molecule has 0 aliphatic rings.